The molecule has 3 aliphatic carbocycles. The molecule has 0 aliphatic heterocycles. The van der Waals surface area contributed by atoms with E-state index >= 15 is 0 Å². The molecule has 0 aromatic rings. The van der Waals surface area contributed by atoms with Crippen molar-refractivity contribution < 1.29 is 0 Å². The van der Waals surface area contributed by atoms with Crippen LogP contribution in [0.15, 0.2) is 23.3 Å². The summed E-state index contributed by atoms with van der Waals surface area (Å²) in [5.74, 6) is 0.839. The highest BCUT2D eigenvalue weighted by Gasteiger charge is 2.44. The fourth-order valence-corrected chi connectivity index (χ4v) is 3.42. The average Bonchev–Trinajstić information content (AvgIpc) is 2.97. The van der Waals surface area contributed by atoms with E-state index in [9.17, 15) is 0 Å². The van der Waals surface area contributed by atoms with Crippen molar-refractivity contribution >= 4 is 0 Å². The van der Waals surface area contributed by atoms with E-state index in [1.54, 1.807) is 11.1 Å². The van der Waals surface area contributed by atoms with Crippen molar-refractivity contribution in [2.45, 2.75) is 51.9 Å². The lowest BCUT2D eigenvalue weighted by molar-refractivity contribution is 0.393. The van der Waals surface area contributed by atoms with E-state index in [1.807, 2.05) is 0 Å². The van der Waals surface area contributed by atoms with E-state index in [0.29, 0.717) is 0 Å². The van der Waals surface area contributed by atoms with E-state index in [1.165, 1.54) is 44.9 Å². The SMILES string of the molecule is CC1CC2(CCC3=C1C=CCC3)CC2. The van der Waals surface area contributed by atoms with Crippen LogP contribution in [0.1, 0.15) is 51.9 Å². The van der Waals surface area contributed by atoms with E-state index < -0.39 is 0 Å². The maximum atomic E-state index is 2.44. The minimum Gasteiger partial charge on any atom is -0.0839 e. The second kappa shape index (κ2) is 2.98. The quantitative estimate of drug-likeness (QED) is 0.533. The molecule has 1 atom stereocenters. The molecule has 0 heterocycles. The summed E-state index contributed by atoms with van der Waals surface area (Å²) in [5, 5.41) is 0. The van der Waals surface area contributed by atoms with Crippen LogP contribution in [-0.2, 0) is 0 Å². The zero-order chi connectivity index (χ0) is 9.60. The third-order valence-corrected chi connectivity index (χ3v) is 4.50. The van der Waals surface area contributed by atoms with Gasteiger partial charge in [0.05, 0.1) is 0 Å². The normalized spacial score (nSPS) is 34.2. The summed E-state index contributed by atoms with van der Waals surface area (Å²) in [6.07, 6.45) is 14.8. The van der Waals surface area contributed by atoms with Crippen LogP contribution in [0.5, 0.6) is 0 Å². The second-order valence-corrected chi connectivity index (χ2v) is 5.61. The topological polar surface area (TPSA) is 0 Å². The van der Waals surface area contributed by atoms with Gasteiger partial charge in [-0.3, -0.25) is 0 Å². The van der Waals surface area contributed by atoms with Gasteiger partial charge >= 0.3 is 0 Å². The summed E-state index contributed by atoms with van der Waals surface area (Å²) in [7, 11) is 0. The molecule has 0 aromatic heterocycles. The van der Waals surface area contributed by atoms with Crippen LogP contribution in [0.2, 0.25) is 0 Å². The molecule has 0 N–H and O–H groups in total. The lowest BCUT2D eigenvalue weighted by Gasteiger charge is -2.19. The van der Waals surface area contributed by atoms with Crippen LogP contribution in [0.3, 0.4) is 0 Å². The third kappa shape index (κ3) is 1.36. The molecule has 0 radical (unpaired) electrons. The summed E-state index contributed by atoms with van der Waals surface area (Å²) < 4.78 is 0. The first-order chi connectivity index (χ1) is 6.79. The Hall–Kier alpha value is -0.520. The van der Waals surface area contributed by atoms with Crippen molar-refractivity contribution in [2.24, 2.45) is 11.3 Å². The van der Waals surface area contributed by atoms with Crippen LogP contribution in [0.25, 0.3) is 0 Å². The average molecular weight is 188 g/mol. The Kier molecular flexibility index (Phi) is 1.87. The molecule has 76 valence electrons. The van der Waals surface area contributed by atoms with Gasteiger partial charge in [-0.1, -0.05) is 24.6 Å². The minimum absolute atomic E-state index is 0.796. The first-order valence-corrected chi connectivity index (χ1v) is 6.18. The molecule has 3 rings (SSSR count). The Bertz CT molecular complexity index is 302. The highest BCUT2D eigenvalue weighted by molar-refractivity contribution is 5.33. The summed E-state index contributed by atoms with van der Waals surface area (Å²) in [5.41, 5.74) is 4.30. The van der Waals surface area contributed by atoms with Gasteiger partial charge < -0.3 is 0 Å². The number of allylic oxidation sites excluding steroid dienone is 4. The fraction of sp³-hybridized carbons (Fsp3) is 0.714. The molecule has 0 aromatic carbocycles. The highest BCUT2D eigenvalue weighted by atomic mass is 14.5. The minimum atomic E-state index is 0.796. The van der Waals surface area contributed by atoms with Crippen LogP contribution >= 0.6 is 0 Å². The van der Waals surface area contributed by atoms with E-state index in [0.717, 1.165) is 11.3 Å². The number of hydrogen-bond donors (Lipinski definition) is 0. The van der Waals surface area contributed by atoms with Gasteiger partial charge in [0.2, 0.25) is 0 Å². The third-order valence-electron chi connectivity index (χ3n) is 4.50. The van der Waals surface area contributed by atoms with Crippen molar-refractivity contribution in [3.63, 3.8) is 0 Å². The predicted molar refractivity (Wildman–Crippen MR) is 60.1 cm³/mol. The Morgan fingerprint density at radius 3 is 2.86 bits per heavy atom. The van der Waals surface area contributed by atoms with Gasteiger partial charge in [-0.25, -0.2) is 0 Å². The number of hydrogen-bond acceptors (Lipinski definition) is 0. The van der Waals surface area contributed by atoms with Gasteiger partial charge in [-0.15, -0.1) is 0 Å². The largest absolute Gasteiger partial charge is 0.0839 e. The molecular weight excluding hydrogens is 168 g/mol. The molecule has 1 fully saturated rings. The zero-order valence-corrected chi connectivity index (χ0v) is 9.18. The molecular formula is C14H20. The Morgan fingerprint density at radius 2 is 2.07 bits per heavy atom. The first-order valence-electron chi connectivity index (χ1n) is 6.18. The van der Waals surface area contributed by atoms with Crippen LogP contribution < -0.4 is 0 Å². The van der Waals surface area contributed by atoms with Crippen molar-refractivity contribution in [3.05, 3.63) is 23.3 Å². The lowest BCUT2D eigenvalue weighted by Crippen LogP contribution is -2.06. The van der Waals surface area contributed by atoms with Gasteiger partial charge in [0.15, 0.2) is 0 Å². The van der Waals surface area contributed by atoms with Gasteiger partial charge in [0, 0.05) is 0 Å². The standard InChI is InChI=1S/C14H20/c1-11-10-14(8-9-14)7-6-12-4-2-3-5-13(11)12/h3,5,11H,2,4,6-10H2,1H3. The molecule has 0 bridgehead atoms. The van der Waals surface area contributed by atoms with E-state index in [2.05, 4.69) is 19.1 Å². The van der Waals surface area contributed by atoms with Crippen molar-refractivity contribution in [1.82, 2.24) is 0 Å². The Balaban J connectivity index is 1.89. The molecule has 0 saturated heterocycles. The fourth-order valence-electron chi connectivity index (χ4n) is 3.42. The molecule has 14 heavy (non-hydrogen) atoms. The molecule has 3 aliphatic rings. The second-order valence-electron chi connectivity index (χ2n) is 5.61. The van der Waals surface area contributed by atoms with E-state index in [-0.39, 0.29) is 0 Å². The van der Waals surface area contributed by atoms with Crippen LogP contribution in [0.4, 0.5) is 0 Å². The smallest absolute Gasteiger partial charge is 0.0186 e. The molecule has 0 nitrogen and oxygen atoms in total. The molecule has 1 unspecified atom stereocenters. The van der Waals surface area contributed by atoms with Gasteiger partial charge in [0.25, 0.3) is 0 Å². The van der Waals surface area contributed by atoms with Crippen molar-refractivity contribution in [1.29, 1.82) is 0 Å². The molecule has 0 amide bonds. The van der Waals surface area contributed by atoms with Gasteiger partial charge in [-0.2, -0.15) is 0 Å². The summed E-state index contributed by atoms with van der Waals surface area (Å²) in [4.78, 5) is 0. The van der Waals surface area contributed by atoms with Gasteiger partial charge in [-0.05, 0) is 61.9 Å². The van der Waals surface area contributed by atoms with E-state index in [4.69, 9.17) is 0 Å². The zero-order valence-electron chi connectivity index (χ0n) is 9.18. The predicted octanol–water partition coefficient (Wildman–Crippen LogP) is 4.23. The number of rotatable bonds is 0. The first kappa shape index (κ1) is 8.76. The summed E-state index contributed by atoms with van der Waals surface area (Å²) in [6, 6.07) is 0. The summed E-state index contributed by atoms with van der Waals surface area (Å²) in [6.45, 7) is 2.44. The van der Waals surface area contributed by atoms with Crippen LogP contribution in [-0.4, -0.2) is 0 Å². The van der Waals surface area contributed by atoms with Crippen LogP contribution in [0, 0.1) is 11.3 Å². The van der Waals surface area contributed by atoms with Gasteiger partial charge in [0.1, 0.15) is 0 Å². The molecule has 1 spiro atoms. The Labute approximate surface area is 87.1 Å². The lowest BCUT2D eigenvalue weighted by atomic mass is 9.86. The monoisotopic (exact) mass is 188 g/mol. The highest BCUT2D eigenvalue weighted by Crippen LogP contribution is 2.57. The summed E-state index contributed by atoms with van der Waals surface area (Å²) >= 11 is 0. The molecule has 0 heteroatoms. The van der Waals surface area contributed by atoms with Crippen molar-refractivity contribution in [2.75, 3.05) is 0 Å². The molecule has 1 saturated carbocycles. The Morgan fingerprint density at radius 1 is 1.21 bits per heavy atom. The van der Waals surface area contributed by atoms with Crippen molar-refractivity contribution in [3.8, 4) is 0 Å². The maximum Gasteiger partial charge on any atom is -0.0186 e. The maximum absolute atomic E-state index is 2.44.